The third-order valence-electron chi connectivity index (χ3n) is 7.16. The zero-order chi connectivity index (χ0) is 29.3. The van der Waals surface area contributed by atoms with Crippen LogP contribution in [0.1, 0.15) is 32.8 Å². The van der Waals surface area contributed by atoms with Gasteiger partial charge in [-0.25, -0.2) is 14.6 Å². The molecule has 4 amide bonds. The maximum absolute atomic E-state index is 13.5. The minimum Gasteiger partial charge on any atom is -0.497 e. The molecule has 218 valence electrons. The highest BCUT2D eigenvalue weighted by Crippen LogP contribution is 2.35. The highest BCUT2D eigenvalue weighted by molar-refractivity contribution is 6.05. The highest BCUT2D eigenvalue weighted by atomic mass is 16.6. The van der Waals surface area contributed by atoms with Crippen LogP contribution in [0, 0.1) is 0 Å². The maximum atomic E-state index is 13.5. The van der Waals surface area contributed by atoms with Gasteiger partial charge in [-0.15, -0.1) is 0 Å². The molecule has 3 aromatic rings. The van der Waals surface area contributed by atoms with Crippen LogP contribution < -0.4 is 19.3 Å². The molecule has 5 rings (SSSR count). The molecule has 2 saturated heterocycles. The van der Waals surface area contributed by atoms with Crippen LogP contribution in [0.3, 0.4) is 0 Å². The second-order valence-electron chi connectivity index (χ2n) is 11.0. The van der Waals surface area contributed by atoms with Crippen molar-refractivity contribution in [1.82, 2.24) is 19.2 Å². The molecule has 0 bridgehead atoms. The van der Waals surface area contributed by atoms with E-state index in [1.165, 1.54) is 4.90 Å². The van der Waals surface area contributed by atoms with Gasteiger partial charge >= 0.3 is 12.1 Å². The minimum atomic E-state index is -0.545. The molecule has 0 radical (unpaired) electrons. The summed E-state index contributed by atoms with van der Waals surface area (Å²) in [6.07, 6.45) is 3.36. The number of nitrogens with zero attached hydrogens (tertiary/aromatic N) is 6. The fourth-order valence-corrected chi connectivity index (χ4v) is 5.08. The van der Waals surface area contributed by atoms with Crippen molar-refractivity contribution in [2.75, 3.05) is 56.7 Å². The quantitative estimate of drug-likeness (QED) is 0.445. The number of carbonyl (C=O) groups is 3. The van der Waals surface area contributed by atoms with Crippen LogP contribution in [0.25, 0.3) is 5.65 Å². The normalized spacial score (nSPS) is 16.4. The summed E-state index contributed by atoms with van der Waals surface area (Å²) >= 11 is 0. The molecule has 0 unspecified atom stereocenters. The number of hydrogen-bond acceptors (Lipinski definition) is 8. The largest absolute Gasteiger partial charge is 0.497 e. The number of ether oxygens (including phenoxy) is 3. The first kappa shape index (κ1) is 28.1. The predicted molar refractivity (Wildman–Crippen MR) is 153 cm³/mol. The smallest absolute Gasteiger partial charge is 0.410 e. The van der Waals surface area contributed by atoms with E-state index in [0.29, 0.717) is 49.1 Å². The van der Waals surface area contributed by atoms with E-state index in [1.807, 2.05) is 45.2 Å². The Hall–Kier alpha value is -4.48. The van der Waals surface area contributed by atoms with E-state index >= 15 is 0 Å². The molecule has 0 atom stereocenters. The summed E-state index contributed by atoms with van der Waals surface area (Å²) in [5, 5.41) is 0. The first-order chi connectivity index (χ1) is 19.6. The van der Waals surface area contributed by atoms with E-state index in [0.717, 1.165) is 11.3 Å². The summed E-state index contributed by atoms with van der Waals surface area (Å²) < 4.78 is 18.3. The van der Waals surface area contributed by atoms with Crippen molar-refractivity contribution in [2.24, 2.45) is 0 Å². The van der Waals surface area contributed by atoms with Gasteiger partial charge in [-0.1, -0.05) is 12.1 Å². The summed E-state index contributed by atoms with van der Waals surface area (Å²) in [4.78, 5) is 50.1. The SMILES string of the molecule is COc1ccc(CN2C(=O)CCN(c3cnc4c(OC)c(N5CCN(C(=O)OC(C)(C)C)CC5)ccn34)C2=O)cc1. The average molecular weight is 565 g/mol. The first-order valence-electron chi connectivity index (χ1n) is 13.6. The van der Waals surface area contributed by atoms with Crippen molar-refractivity contribution in [2.45, 2.75) is 39.3 Å². The van der Waals surface area contributed by atoms with Crippen LogP contribution >= 0.6 is 0 Å². The number of fused-ring (bicyclic) bond motifs is 1. The summed E-state index contributed by atoms with van der Waals surface area (Å²) in [6, 6.07) is 8.81. The Kier molecular flexibility index (Phi) is 7.65. The van der Waals surface area contributed by atoms with E-state index in [2.05, 4.69) is 9.88 Å². The van der Waals surface area contributed by atoms with Crippen LogP contribution in [0.4, 0.5) is 21.1 Å². The summed E-state index contributed by atoms with van der Waals surface area (Å²) in [7, 11) is 3.18. The molecular weight excluding hydrogens is 528 g/mol. The molecule has 41 heavy (non-hydrogen) atoms. The maximum Gasteiger partial charge on any atom is 0.410 e. The number of amides is 4. The molecule has 4 heterocycles. The van der Waals surface area contributed by atoms with Gasteiger partial charge in [-0.05, 0) is 44.5 Å². The van der Waals surface area contributed by atoms with E-state index < -0.39 is 11.6 Å². The lowest BCUT2D eigenvalue weighted by Crippen LogP contribution is -2.52. The van der Waals surface area contributed by atoms with Crippen LogP contribution in [0.5, 0.6) is 11.5 Å². The van der Waals surface area contributed by atoms with Crippen molar-refractivity contribution in [3.05, 3.63) is 48.3 Å². The number of anilines is 2. The monoisotopic (exact) mass is 564 g/mol. The lowest BCUT2D eigenvalue weighted by molar-refractivity contribution is -0.129. The number of piperazine rings is 1. The number of hydrogen-bond donors (Lipinski definition) is 0. The van der Waals surface area contributed by atoms with Crippen LogP contribution in [0.15, 0.2) is 42.7 Å². The summed E-state index contributed by atoms with van der Waals surface area (Å²) in [5.41, 5.74) is 1.69. The van der Waals surface area contributed by atoms with Crippen LogP contribution in [0.2, 0.25) is 0 Å². The Morgan fingerprint density at radius 1 is 0.951 bits per heavy atom. The highest BCUT2D eigenvalue weighted by Gasteiger charge is 2.35. The second kappa shape index (κ2) is 11.2. The molecule has 0 saturated carbocycles. The van der Waals surface area contributed by atoms with Gasteiger partial charge in [0.25, 0.3) is 0 Å². The number of carbonyl (C=O) groups excluding carboxylic acids is 3. The number of imidazole rings is 1. The Bertz CT molecular complexity index is 1440. The minimum absolute atomic E-state index is 0.164. The predicted octanol–water partition coefficient (Wildman–Crippen LogP) is 3.77. The molecule has 2 aliphatic rings. The summed E-state index contributed by atoms with van der Waals surface area (Å²) in [5.74, 6) is 1.61. The molecule has 0 N–H and O–H groups in total. The van der Waals surface area contributed by atoms with E-state index in [1.54, 1.807) is 46.7 Å². The fourth-order valence-electron chi connectivity index (χ4n) is 5.08. The van der Waals surface area contributed by atoms with Gasteiger partial charge in [-0.2, -0.15) is 0 Å². The van der Waals surface area contributed by atoms with Gasteiger partial charge in [0.2, 0.25) is 5.91 Å². The van der Waals surface area contributed by atoms with E-state index in [4.69, 9.17) is 14.2 Å². The van der Waals surface area contributed by atoms with Gasteiger partial charge in [0.15, 0.2) is 11.4 Å². The fraction of sp³-hybridized carbons (Fsp3) is 0.448. The lowest BCUT2D eigenvalue weighted by atomic mass is 10.2. The molecular formula is C29H36N6O6. The average Bonchev–Trinajstić information content (AvgIpc) is 3.38. The number of rotatable bonds is 6. The lowest BCUT2D eigenvalue weighted by Gasteiger charge is -2.37. The molecule has 2 fully saturated rings. The zero-order valence-electron chi connectivity index (χ0n) is 24.1. The molecule has 0 spiro atoms. The zero-order valence-corrected chi connectivity index (χ0v) is 24.1. The molecule has 1 aromatic carbocycles. The Morgan fingerprint density at radius 2 is 1.66 bits per heavy atom. The standard InChI is InChI=1S/C29H36N6O6/c1-29(2,3)41-28(38)32-16-14-31(15-17-32)22-10-12-33-23(18-30-26(33)25(22)40-5)34-13-11-24(36)35(27(34)37)19-20-6-8-21(39-4)9-7-20/h6-10,12,18H,11,13-17,19H2,1-5H3. The first-order valence-corrected chi connectivity index (χ1v) is 13.6. The Labute approximate surface area is 239 Å². The number of methoxy groups -OCH3 is 2. The van der Waals surface area contributed by atoms with Crippen molar-refractivity contribution < 1.29 is 28.6 Å². The van der Waals surface area contributed by atoms with Crippen molar-refractivity contribution >= 4 is 35.2 Å². The topological polar surface area (TPSA) is 109 Å². The van der Waals surface area contributed by atoms with Gasteiger partial charge in [-0.3, -0.25) is 19.0 Å². The Morgan fingerprint density at radius 3 is 2.29 bits per heavy atom. The van der Waals surface area contributed by atoms with Crippen molar-refractivity contribution in [3.63, 3.8) is 0 Å². The van der Waals surface area contributed by atoms with Gasteiger partial charge < -0.3 is 24.0 Å². The molecule has 0 aliphatic carbocycles. The molecule has 12 nitrogen and oxygen atoms in total. The number of imide groups is 1. The number of pyridine rings is 1. The third kappa shape index (κ3) is 5.72. The number of urea groups is 1. The van der Waals surface area contributed by atoms with Gasteiger partial charge in [0.1, 0.15) is 17.2 Å². The second-order valence-corrected chi connectivity index (χ2v) is 11.0. The van der Waals surface area contributed by atoms with Crippen LogP contribution in [-0.2, 0) is 16.1 Å². The number of benzene rings is 1. The number of aromatic nitrogens is 2. The molecule has 12 heteroatoms. The third-order valence-corrected chi connectivity index (χ3v) is 7.16. The van der Waals surface area contributed by atoms with E-state index in [9.17, 15) is 14.4 Å². The summed E-state index contributed by atoms with van der Waals surface area (Å²) in [6.45, 7) is 8.22. The van der Waals surface area contributed by atoms with E-state index in [-0.39, 0.29) is 31.5 Å². The molecule has 2 aliphatic heterocycles. The van der Waals surface area contributed by atoms with Gasteiger partial charge in [0.05, 0.1) is 32.6 Å². The Balaban J connectivity index is 1.34. The molecule has 2 aromatic heterocycles. The van der Waals surface area contributed by atoms with Crippen molar-refractivity contribution in [1.29, 1.82) is 0 Å². The van der Waals surface area contributed by atoms with Gasteiger partial charge in [0, 0.05) is 45.3 Å². The van der Waals surface area contributed by atoms with Crippen molar-refractivity contribution in [3.8, 4) is 11.5 Å². The van der Waals surface area contributed by atoms with Crippen LogP contribution in [-0.4, -0.2) is 89.8 Å².